The van der Waals surface area contributed by atoms with E-state index in [9.17, 15) is 10.2 Å². The van der Waals surface area contributed by atoms with Gasteiger partial charge in [-0.2, -0.15) is 4.57 Å². The van der Waals surface area contributed by atoms with Gasteiger partial charge < -0.3 is 15.5 Å². The van der Waals surface area contributed by atoms with Gasteiger partial charge in [0.15, 0.2) is 23.1 Å². The van der Waals surface area contributed by atoms with E-state index >= 15 is 0 Å². The van der Waals surface area contributed by atoms with Gasteiger partial charge in [0.05, 0.1) is 6.61 Å². The zero-order chi connectivity index (χ0) is 21.0. The summed E-state index contributed by atoms with van der Waals surface area (Å²) in [6.45, 7) is 3.91. The van der Waals surface area contributed by atoms with Crippen molar-refractivity contribution in [2.75, 3.05) is 5.32 Å². The summed E-state index contributed by atoms with van der Waals surface area (Å²) in [5, 5.41) is 24.0. The van der Waals surface area contributed by atoms with Gasteiger partial charge in [-0.3, -0.25) is 0 Å². The monoisotopic (exact) mass is 469 g/mol. The van der Waals surface area contributed by atoms with Crippen LogP contribution in [0.3, 0.4) is 0 Å². The predicted molar refractivity (Wildman–Crippen MR) is 125 cm³/mol. The number of pyridine rings is 1. The van der Waals surface area contributed by atoms with Gasteiger partial charge in [0.25, 0.3) is 5.70 Å². The van der Waals surface area contributed by atoms with E-state index in [4.69, 9.17) is 12.2 Å². The molecule has 0 aliphatic rings. The van der Waals surface area contributed by atoms with Crippen LogP contribution in [-0.4, -0.2) is 15.2 Å². The summed E-state index contributed by atoms with van der Waals surface area (Å²) >= 11 is 9.21. The Hall–Kier alpha value is -2.54. The van der Waals surface area contributed by atoms with Crippen LogP contribution in [0.15, 0.2) is 71.5 Å². The van der Waals surface area contributed by atoms with Crippen LogP contribution < -0.4 is 9.88 Å². The molecule has 0 radical (unpaired) electrons. The molecule has 0 spiro atoms. The molecular weight excluding hydrogens is 448 g/mol. The molecule has 0 fully saturated rings. The van der Waals surface area contributed by atoms with E-state index in [0.717, 1.165) is 21.3 Å². The molecular formula is C23H22BrN2O2S+. The van der Waals surface area contributed by atoms with E-state index in [1.807, 2.05) is 62.4 Å². The molecule has 0 aliphatic heterocycles. The van der Waals surface area contributed by atoms with Crippen LogP contribution in [-0.2, 0) is 6.61 Å². The van der Waals surface area contributed by atoms with Crippen molar-refractivity contribution < 1.29 is 14.8 Å². The molecule has 1 heterocycles. The van der Waals surface area contributed by atoms with Crippen molar-refractivity contribution in [3.63, 3.8) is 0 Å². The van der Waals surface area contributed by atoms with E-state index in [2.05, 4.69) is 21.2 Å². The van der Waals surface area contributed by atoms with E-state index in [0.29, 0.717) is 21.8 Å². The molecule has 4 nitrogen and oxygen atoms in total. The van der Waals surface area contributed by atoms with Crippen LogP contribution >= 0.6 is 28.1 Å². The van der Waals surface area contributed by atoms with E-state index in [1.54, 1.807) is 23.0 Å². The topological polar surface area (TPSA) is 56.4 Å². The third-order valence-electron chi connectivity index (χ3n) is 4.51. The Balaban J connectivity index is 2.14. The number of halogens is 1. The van der Waals surface area contributed by atoms with Gasteiger partial charge in [-0.1, -0.05) is 52.4 Å². The average molecular weight is 470 g/mol. The zero-order valence-corrected chi connectivity index (χ0v) is 18.6. The van der Waals surface area contributed by atoms with E-state index in [-0.39, 0.29) is 12.4 Å². The Labute approximate surface area is 184 Å². The normalized spacial score (nSPS) is 11.7. The highest BCUT2D eigenvalue weighted by Crippen LogP contribution is 2.26. The summed E-state index contributed by atoms with van der Waals surface area (Å²) in [4.78, 5) is 0.368. The summed E-state index contributed by atoms with van der Waals surface area (Å²) in [5.74, 6) is 0.0281. The Morgan fingerprint density at radius 2 is 1.86 bits per heavy atom. The molecule has 3 rings (SSSR count). The minimum absolute atomic E-state index is 0.0281. The minimum atomic E-state index is -0.110. The first-order valence-electron chi connectivity index (χ1n) is 9.09. The molecule has 0 amide bonds. The molecule has 3 N–H and O–H groups in total. The van der Waals surface area contributed by atoms with Gasteiger partial charge in [-0.25, -0.2) is 0 Å². The smallest absolute Gasteiger partial charge is 0.288 e. The predicted octanol–water partition coefficient (Wildman–Crippen LogP) is 5.17. The molecule has 0 saturated heterocycles. The maximum absolute atomic E-state index is 11.2. The lowest BCUT2D eigenvalue weighted by molar-refractivity contribution is -0.576. The number of rotatable bonds is 5. The number of benzene rings is 2. The number of hydrogen-bond donors (Lipinski definition) is 3. The second kappa shape index (κ2) is 9.31. The second-order valence-electron chi connectivity index (χ2n) is 6.73. The fourth-order valence-corrected chi connectivity index (χ4v) is 3.72. The van der Waals surface area contributed by atoms with Crippen LogP contribution in [0.5, 0.6) is 0 Å². The highest BCUT2D eigenvalue weighted by Gasteiger charge is 2.25. The van der Waals surface area contributed by atoms with Gasteiger partial charge >= 0.3 is 0 Å². The molecule has 0 unspecified atom stereocenters. The number of nitrogens with zero attached hydrogens (tertiary/aromatic N) is 1. The quantitative estimate of drug-likeness (QED) is 0.209. The number of aromatic nitrogens is 1. The largest absolute Gasteiger partial charge is 0.502 e. The first-order valence-corrected chi connectivity index (χ1v) is 10.3. The molecule has 2 aromatic carbocycles. The molecule has 1 aromatic heterocycles. The molecule has 0 bridgehead atoms. The minimum Gasteiger partial charge on any atom is -0.502 e. The molecule has 0 saturated carbocycles. The second-order valence-corrected chi connectivity index (χ2v) is 7.99. The highest BCUT2D eigenvalue weighted by molar-refractivity contribution is 9.10. The van der Waals surface area contributed by atoms with Crippen LogP contribution in [0, 0.1) is 13.8 Å². The Morgan fingerprint density at radius 3 is 2.59 bits per heavy atom. The third-order valence-corrected chi connectivity index (χ3v) is 5.50. The van der Waals surface area contributed by atoms with Crippen molar-refractivity contribution in [2.45, 2.75) is 20.5 Å². The Morgan fingerprint density at radius 1 is 1.10 bits per heavy atom. The maximum atomic E-state index is 11.2. The lowest BCUT2D eigenvalue weighted by Gasteiger charge is -2.13. The lowest BCUT2D eigenvalue weighted by atomic mass is 10.1. The van der Waals surface area contributed by atoms with Crippen molar-refractivity contribution in [2.24, 2.45) is 0 Å². The molecule has 0 atom stereocenters. The highest BCUT2D eigenvalue weighted by atomic mass is 79.9. The third kappa shape index (κ3) is 4.90. The standard InChI is InChI=1S/C23H21BrN2O2S/c1-15-9-10-16(2)20(12-15)25-23(29)21(26-11-5-6-17(13-26)14-27)22(28)18-7-3-4-8-19(18)24/h3-13,27H,14H2,1-2H3,(H-,25,28,29)/p+1. The van der Waals surface area contributed by atoms with Gasteiger partial charge in [0.2, 0.25) is 0 Å². The van der Waals surface area contributed by atoms with Gasteiger partial charge in [-0.15, -0.1) is 0 Å². The van der Waals surface area contributed by atoms with Crippen molar-refractivity contribution in [3.8, 4) is 0 Å². The van der Waals surface area contributed by atoms with Crippen LogP contribution in [0.25, 0.3) is 11.5 Å². The SMILES string of the molecule is Cc1ccc(C)c(NC(=S)/C(=C(\O)c2ccccc2Br)[n+]2cccc(CO)c2)c1. The molecule has 29 heavy (non-hydrogen) atoms. The molecule has 0 aliphatic carbocycles. The number of thiocarbonyl (C=S) groups is 1. The van der Waals surface area contributed by atoms with Crippen molar-refractivity contribution in [1.82, 2.24) is 0 Å². The molecule has 6 heteroatoms. The molecule has 3 aromatic rings. The van der Waals surface area contributed by atoms with Crippen LogP contribution in [0.4, 0.5) is 5.69 Å². The zero-order valence-electron chi connectivity index (χ0n) is 16.2. The number of nitrogens with one attached hydrogen (secondary N) is 1. The summed E-state index contributed by atoms with van der Waals surface area (Å²) in [5.41, 5.74) is 4.78. The summed E-state index contributed by atoms with van der Waals surface area (Å²) in [6, 6.07) is 17.1. The van der Waals surface area contributed by atoms with Gasteiger partial charge in [-0.05, 0) is 49.2 Å². The number of aliphatic hydroxyl groups excluding tert-OH is 2. The van der Waals surface area contributed by atoms with E-state index < -0.39 is 0 Å². The van der Waals surface area contributed by atoms with E-state index in [1.165, 1.54) is 0 Å². The fraction of sp³-hybridized carbons (Fsp3) is 0.130. The number of hydrogen-bond acceptors (Lipinski definition) is 3. The maximum Gasteiger partial charge on any atom is 0.288 e. The first-order chi connectivity index (χ1) is 13.9. The number of aliphatic hydroxyl groups is 2. The first kappa shape index (κ1) is 21.2. The lowest BCUT2D eigenvalue weighted by Crippen LogP contribution is -2.39. The van der Waals surface area contributed by atoms with Crippen molar-refractivity contribution in [3.05, 3.63) is 93.7 Å². The van der Waals surface area contributed by atoms with Gasteiger partial charge in [0, 0.05) is 27.4 Å². The Bertz CT molecular complexity index is 1100. The van der Waals surface area contributed by atoms with Gasteiger partial charge in [0.1, 0.15) is 0 Å². The Kier molecular flexibility index (Phi) is 6.79. The number of aryl methyl sites for hydroxylation is 2. The fourth-order valence-electron chi connectivity index (χ4n) is 2.94. The summed E-state index contributed by atoms with van der Waals surface area (Å²) < 4.78 is 2.48. The average Bonchev–Trinajstić information content (AvgIpc) is 2.71. The molecule has 148 valence electrons. The van der Waals surface area contributed by atoms with Crippen LogP contribution in [0.1, 0.15) is 22.3 Å². The summed E-state index contributed by atoms with van der Waals surface area (Å²) in [6.07, 6.45) is 3.54. The number of anilines is 1. The van der Waals surface area contributed by atoms with Crippen molar-refractivity contribution in [1.29, 1.82) is 0 Å². The van der Waals surface area contributed by atoms with Crippen LogP contribution in [0.2, 0.25) is 0 Å². The van der Waals surface area contributed by atoms with Crippen molar-refractivity contribution >= 4 is 50.3 Å². The summed E-state index contributed by atoms with van der Waals surface area (Å²) in [7, 11) is 0.